The summed E-state index contributed by atoms with van der Waals surface area (Å²) < 4.78 is 40.6. The first-order chi connectivity index (χ1) is 29.4. The van der Waals surface area contributed by atoms with Crippen LogP contribution in [-0.2, 0) is 27.5 Å². The van der Waals surface area contributed by atoms with Gasteiger partial charge in [-0.25, -0.2) is 9.18 Å². The summed E-state index contributed by atoms with van der Waals surface area (Å²) in [5, 5.41) is 24.7. The van der Waals surface area contributed by atoms with Crippen LogP contribution < -0.4 is 9.47 Å². The second-order valence-corrected chi connectivity index (χ2v) is 15.6. The Hall–Kier alpha value is -5.23. The molecule has 1 aliphatic heterocycles. The van der Waals surface area contributed by atoms with E-state index in [1.807, 2.05) is 48.5 Å². The number of allylic oxidation sites excluding steroid dienone is 1. The lowest BCUT2D eigenvalue weighted by Crippen LogP contribution is -2.70. The van der Waals surface area contributed by atoms with Crippen molar-refractivity contribution in [2.24, 2.45) is 22.9 Å². The van der Waals surface area contributed by atoms with E-state index in [2.05, 4.69) is 25.8 Å². The zero-order valence-corrected chi connectivity index (χ0v) is 34.5. The number of amides is 1. The lowest BCUT2D eigenvalue weighted by Gasteiger charge is -2.59. The van der Waals surface area contributed by atoms with Crippen molar-refractivity contribution in [3.63, 3.8) is 0 Å². The number of rotatable bonds is 23. The standard InChI is InChI=1S/C49H59FN2O8/c1-4-7-29-57-48(55)52(33-35-19-21-38(50)22-20-35)45-32-43(51-59-34-36-15-9-8-10-16-36)41-30-37(17-11-13-25-53)40(18-12-14-26-54)46-42-31-39(56-27-5-2)23-24-44(42)60-49(45,47(41)46)58-28-6-3/h4-6,8-10,15-16,19-24,30-31,37,40,45-47,53-54H,1-3,7,11-14,17-18,25-29,32-34H2. The Morgan fingerprint density at radius 2 is 1.67 bits per heavy atom. The second kappa shape index (κ2) is 21.9. The number of nitrogens with zero attached hydrogens (tertiary/aromatic N) is 2. The Kier molecular flexibility index (Phi) is 16.1. The van der Waals surface area contributed by atoms with Crippen molar-refractivity contribution in [3.8, 4) is 11.5 Å². The molecule has 3 aliphatic rings. The predicted octanol–water partition coefficient (Wildman–Crippen LogP) is 9.44. The number of benzene rings is 3. The number of aliphatic hydroxyl groups excluding tert-OH is 2. The summed E-state index contributed by atoms with van der Waals surface area (Å²) in [6.07, 6.45) is 11.9. The zero-order valence-electron chi connectivity index (χ0n) is 34.5. The Labute approximate surface area is 353 Å². The smallest absolute Gasteiger partial charge is 0.410 e. The lowest BCUT2D eigenvalue weighted by molar-refractivity contribution is -0.256. The van der Waals surface area contributed by atoms with Crippen molar-refractivity contribution in [1.82, 2.24) is 4.90 Å². The van der Waals surface area contributed by atoms with Gasteiger partial charge in [-0.1, -0.05) is 91.3 Å². The van der Waals surface area contributed by atoms with Crippen LogP contribution in [0.1, 0.15) is 74.0 Å². The highest BCUT2D eigenvalue weighted by Crippen LogP contribution is 2.62. The van der Waals surface area contributed by atoms with Crippen molar-refractivity contribution >= 4 is 11.8 Å². The highest BCUT2D eigenvalue weighted by atomic mass is 19.1. The van der Waals surface area contributed by atoms with E-state index >= 15 is 0 Å². The first-order valence-electron chi connectivity index (χ1n) is 21.1. The molecule has 0 saturated heterocycles. The maximum atomic E-state index is 14.6. The van der Waals surface area contributed by atoms with E-state index in [9.17, 15) is 19.4 Å². The van der Waals surface area contributed by atoms with Crippen molar-refractivity contribution in [3.05, 3.63) is 145 Å². The maximum Gasteiger partial charge on any atom is 0.410 e. The number of hydrogen-bond acceptors (Lipinski definition) is 9. The minimum atomic E-state index is -1.50. The molecule has 1 heterocycles. The van der Waals surface area contributed by atoms with Crippen molar-refractivity contribution in [2.75, 3.05) is 33.0 Å². The fourth-order valence-electron chi connectivity index (χ4n) is 9.05. The molecule has 2 N–H and O–H groups in total. The largest absolute Gasteiger partial charge is 0.490 e. The quantitative estimate of drug-likeness (QED) is 0.0552. The first kappa shape index (κ1) is 44.3. The van der Waals surface area contributed by atoms with Gasteiger partial charge < -0.3 is 34.0 Å². The Morgan fingerprint density at radius 3 is 2.38 bits per heavy atom. The van der Waals surface area contributed by atoms with E-state index in [4.69, 9.17) is 28.9 Å². The average molecular weight is 823 g/mol. The summed E-state index contributed by atoms with van der Waals surface area (Å²) in [4.78, 5) is 22.4. The van der Waals surface area contributed by atoms with E-state index < -0.39 is 29.7 Å². The van der Waals surface area contributed by atoms with Gasteiger partial charge in [0.2, 0.25) is 5.79 Å². The molecular weight excluding hydrogens is 764 g/mol. The van der Waals surface area contributed by atoms with E-state index in [1.165, 1.54) is 12.1 Å². The van der Waals surface area contributed by atoms with Crippen molar-refractivity contribution in [1.29, 1.82) is 0 Å². The van der Waals surface area contributed by atoms with Gasteiger partial charge in [-0.05, 0) is 91.0 Å². The molecule has 0 radical (unpaired) electrons. The van der Waals surface area contributed by atoms with Crippen molar-refractivity contribution < 1.29 is 43.2 Å². The molecular formula is C49H59FN2O8. The summed E-state index contributed by atoms with van der Waals surface area (Å²) in [7, 11) is 0. The van der Waals surface area contributed by atoms with Crippen LogP contribution in [0.2, 0.25) is 0 Å². The molecule has 11 heteroatoms. The number of halogens is 1. The summed E-state index contributed by atoms with van der Waals surface area (Å²) in [6.45, 7) is 12.6. The van der Waals surface area contributed by atoms with E-state index in [1.54, 1.807) is 35.3 Å². The van der Waals surface area contributed by atoms with Gasteiger partial charge in [-0.2, -0.15) is 0 Å². The second-order valence-electron chi connectivity index (χ2n) is 15.6. The third-order valence-electron chi connectivity index (χ3n) is 11.7. The average Bonchev–Trinajstić information content (AvgIpc) is 3.26. The molecule has 3 aromatic rings. The molecule has 320 valence electrons. The number of hydrogen-bond donors (Lipinski definition) is 2. The van der Waals surface area contributed by atoms with Gasteiger partial charge in [0.05, 0.1) is 24.8 Å². The van der Waals surface area contributed by atoms with Crippen LogP contribution >= 0.6 is 0 Å². The molecule has 3 aromatic carbocycles. The lowest BCUT2D eigenvalue weighted by atomic mass is 9.55. The SMILES string of the molecule is C=CCCOC(=O)N(Cc1ccc(F)cc1)C1CC(=NOCc2ccccc2)C2=CC(CCCCO)C(CCCCO)C3c4cc(OCC=C)ccc4OC1(OCC=C)C23. The fourth-order valence-corrected chi connectivity index (χ4v) is 9.05. The van der Waals surface area contributed by atoms with Crippen LogP contribution in [0.4, 0.5) is 9.18 Å². The zero-order chi connectivity index (χ0) is 42.3. The summed E-state index contributed by atoms with van der Waals surface area (Å²) in [6, 6.07) is 20.8. The number of unbranched alkanes of at least 4 members (excludes halogenated alkanes) is 2. The predicted molar refractivity (Wildman–Crippen MR) is 230 cm³/mol. The maximum absolute atomic E-state index is 14.6. The number of ether oxygens (including phenoxy) is 4. The van der Waals surface area contributed by atoms with Crippen LogP contribution in [0.5, 0.6) is 11.5 Å². The molecule has 6 unspecified atom stereocenters. The number of oxime groups is 1. The molecule has 1 amide bonds. The highest BCUT2D eigenvalue weighted by Gasteiger charge is 2.65. The highest BCUT2D eigenvalue weighted by molar-refractivity contribution is 6.03. The van der Waals surface area contributed by atoms with Gasteiger partial charge in [0.1, 0.15) is 36.6 Å². The molecule has 0 spiro atoms. The van der Waals surface area contributed by atoms with Crippen LogP contribution in [-0.4, -0.2) is 71.8 Å². The summed E-state index contributed by atoms with van der Waals surface area (Å²) in [5.74, 6) is -1.31. The molecule has 60 heavy (non-hydrogen) atoms. The number of carbonyl (C=O) groups excluding carboxylic acids is 1. The minimum Gasteiger partial charge on any atom is -0.490 e. The van der Waals surface area contributed by atoms with Crippen LogP contribution in [0, 0.1) is 23.6 Å². The van der Waals surface area contributed by atoms with Crippen molar-refractivity contribution in [2.45, 2.75) is 82.3 Å². The molecule has 1 fully saturated rings. The monoisotopic (exact) mass is 822 g/mol. The molecule has 0 bridgehead atoms. The Morgan fingerprint density at radius 1 is 0.917 bits per heavy atom. The van der Waals surface area contributed by atoms with Gasteiger partial charge in [-0.3, -0.25) is 4.90 Å². The normalized spacial score (nSPS) is 23.3. The third kappa shape index (κ3) is 10.4. The van der Waals surface area contributed by atoms with Gasteiger partial charge in [0.15, 0.2) is 0 Å². The van der Waals surface area contributed by atoms with Crippen LogP contribution in [0.15, 0.2) is 128 Å². The van der Waals surface area contributed by atoms with E-state index in [-0.39, 0.29) is 63.8 Å². The van der Waals surface area contributed by atoms with Crippen LogP contribution in [0.25, 0.3) is 0 Å². The first-order valence-corrected chi connectivity index (χ1v) is 21.1. The summed E-state index contributed by atoms with van der Waals surface area (Å²) >= 11 is 0. The topological polar surface area (TPSA) is 119 Å². The summed E-state index contributed by atoms with van der Waals surface area (Å²) in [5.41, 5.74) is 4.13. The number of aliphatic hydroxyl groups is 2. The fraction of sp³-hybridized carbons (Fsp3) is 0.429. The molecule has 1 saturated carbocycles. The number of carbonyl (C=O) groups is 1. The third-order valence-corrected chi connectivity index (χ3v) is 11.7. The van der Waals surface area contributed by atoms with E-state index in [0.29, 0.717) is 48.6 Å². The Balaban J connectivity index is 1.60. The number of fused-ring (bicyclic) bond motifs is 2. The molecule has 6 rings (SSSR count). The Bertz CT molecular complexity index is 1950. The van der Waals surface area contributed by atoms with Gasteiger partial charge in [0, 0.05) is 37.7 Å². The molecule has 10 nitrogen and oxygen atoms in total. The van der Waals surface area contributed by atoms with Gasteiger partial charge in [0.25, 0.3) is 0 Å². The van der Waals surface area contributed by atoms with E-state index in [0.717, 1.165) is 42.4 Å². The minimum absolute atomic E-state index is 0.0309. The molecule has 6 atom stereocenters. The van der Waals surface area contributed by atoms with Gasteiger partial charge in [-0.15, -0.1) is 13.2 Å². The molecule has 2 aliphatic carbocycles. The van der Waals surface area contributed by atoms with Crippen LogP contribution in [0.3, 0.4) is 0 Å². The van der Waals surface area contributed by atoms with Gasteiger partial charge >= 0.3 is 6.09 Å². The molecule has 0 aromatic heterocycles.